The molecule has 0 radical (unpaired) electrons. The molecule has 2 unspecified atom stereocenters. The van der Waals surface area contributed by atoms with E-state index in [1.807, 2.05) is 72.8 Å². The molecule has 7 heteroatoms. The molecule has 34 heavy (non-hydrogen) atoms. The largest absolute Gasteiger partial charge is 0.493 e. The molecule has 2 amide bonds. The summed E-state index contributed by atoms with van der Waals surface area (Å²) in [5, 5.41) is 12.5. The average Bonchev–Trinajstić information content (AvgIpc) is 2.87. The smallest absolute Gasteiger partial charge is 0.326 e. The van der Waals surface area contributed by atoms with Gasteiger partial charge in [0.2, 0.25) is 0 Å². The van der Waals surface area contributed by atoms with Gasteiger partial charge in [0.15, 0.2) is 11.5 Å². The first-order valence-corrected chi connectivity index (χ1v) is 11.2. The molecule has 0 saturated carbocycles. The lowest BCUT2D eigenvalue weighted by Crippen LogP contribution is -2.51. The summed E-state index contributed by atoms with van der Waals surface area (Å²) in [5.74, 6) is 0.147. The van der Waals surface area contributed by atoms with Gasteiger partial charge in [-0.3, -0.25) is 0 Å². The quantitative estimate of drug-likeness (QED) is 0.555. The second kappa shape index (κ2) is 10.3. The third-order valence-corrected chi connectivity index (χ3v) is 6.13. The highest BCUT2D eigenvalue weighted by Gasteiger charge is 2.35. The summed E-state index contributed by atoms with van der Waals surface area (Å²) in [6.07, 6.45) is 0.816. The van der Waals surface area contributed by atoms with Gasteiger partial charge in [0.05, 0.1) is 20.3 Å². The number of aliphatic carboxylic acids is 1. The Morgan fingerprint density at radius 3 is 2.24 bits per heavy atom. The lowest BCUT2D eigenvalue weighted by molar-refractivity contribution is -0.139. The number of fused-ring (bicyclic) bond motifs is 1. The van der Waals surface area contributed by atoms with E-state index in [-0.39, 0.29) is 6.42 Å². The zero-order valence-electron chi connectivity index (χ0n) is 19.2. The van der Waals surface area contributed by atoms with Gasteiger partial charge >= 0.3 is 12.0 Å². The van der Waals surface area contributed by atoms with Gasteiger partial charge < -0.3 is 24.8 Å². The first kappa shape index (κ1) is 23.2. The predicted molar refractivity (Wildman–Crippen MR) is 128 cm³/mol. The van der Waals surface area contributed by atoms with E-state index in [9.17, 15) is 14.7 Å². The minimum atomic E-state index is -1.07. The van der Waals surface area contributed by atoms with E-state index in [0.717, 1.165) is 22.3 Å². The molecule has 1 aliphatic heterocycles. The Hall–Kier alpha value is -4.00. The van der Waals surface area contributed by atoms with Crippen LogP contribution in [-0.4, -0.2) is 48.8 Å². The molecule has 1 heterocycles. The van der Waals surface area contributed by atoms with Gasteiger partial charge in [-0.15, -0.1) is 0 Å². The summed E-state index contributed by atoms with van der Waals surface area (Å²) >= 11 is 0. The highest BCUT2D eigenvalue weighted by Crippen LogP contribution is 2.41. The van der Waals surface area contributed by atoms with Crippen LogP contribution in [-0.2, 0) is 17.6 Å². The van der Waals surface area contributed by atoms with Crippen LogP contribution < -0.4 is 14.8 Å². The number of methoxy groups -OCH3 is 2. The van der Waals surface area contributed by atoms with E-state index >= 15 is 0 Å². The van der Waals surface area contributed by atoms with Gasteiger partial charge in [0.1, 0.15) is 6.04 Å². The summed E-state index contributed by atoms with van der Waals surface area (Å²) in [5.41, 5.74) is 3.77. The lowest BCUT2D eigenvalue weighted by Gasteiger charge is -2.38. The second-order valence-electron chi connectivity index (χ2n) is 8.19. The van der Waals surface area contributed by atoms with Crippen LogP contribution in [0.5, 0.6) is 11.5 Å². The van der Waals surface area contributed by atoms with Crippen LogP contribution in [0.4, 0.5) is 4.79 Å². The summed E-state index contributed by atoms with van der Waals surface area (Å²) in [4.78, 5) is 27.1. The molecule has 0 spiro atoms. The fourth-order valence-electron chi connectivity index (χ4n) is 4.44. The van der Waals surface area contributed by atoms with Crippen molar-refractivity contribution < 1.29 is 24.2 Å². The Morgan fingerprint density at radius 2 is 1.62 bits per heavy atom. The summed E-state index contributed by atoms with van der Waals surface area (Å²) in [6.45, 7) is 0.436. The average molecular weight is 461 g/mol. The normalized spacial score (nSPS) is 15.7. The third kappa shape index (κ3) is 4.83. The number of hydrogen-bond acceptors (Lipinski definition) is 4. The van der Waals surface area contributed by atoms with Crippen molar-refractivity contribution in [2.45, 2.75) is 24.9 Å². The number of benzene rings is 3. The molecular weight excluding hydrogens is 432 g/mol. The number of amides is 2. The molecule has 0 bridgehead atoms. The monoisotopic (exact) mass is 460 g/mol. The van der Waals surface area contributed by atoms with Gasteiger partial charge in [0, 0.05) is 13.0 Å². The molecule has 4 rings (SSSR count). The van der Waals surface area contributed by atoms with Crippen LogP contribution in [0.2, 0.25) is 0 Å². The number of rotatable bonds is 7. The zero-order valence-corrected chi connectivity index (χ0v) is 19.2. The maximum atomic E-state index is 13.5. The van der Waals surface area contributed by atoms with Crippen LogP contribution in [0.1, 0.15) is 28.3 Å². The second-order valence-corrected chi connectivity index (χ2v) is 8.19. The number of carbonyl (C=O) groups excluding carboxylic acids is 1. The van der Waals surface area contributed by atoms with E-state index in [1.54, 1.807) is 19.1 Å². The molecule has 3 aromatic rings. The van der Waals surface area contributed by atoms with Crippen molar-refractivity contribution in [2.75, 3.05) is 20.8 Å². The van der Waals surface area contributed by atoms with Crippen molar-refractivity contribution in [3.05, 3.63) is 95.1 Å². The molecule has 0 aliphatic carbocycles. The first-order valence-electron chi connectivity index (χ1n) is 11.2. The SMILES string of the molecule is COc1cc2c(cc1OC)C(c1ccccc1)N(C(=O)NC(Cc1ccccc1)C(=O)O)CC2. The van der Waals surface area contributed by atoms with Crippen LogP contribution >= 0.6 is 0 Å². The maximum Gasteiger partial charge on any atom is 0.326 e. The van der Waals surface area contributed by atoms with Crippen molar-refractivity contribution in [3.8, 4) is 11.5 Å². The Labute approximate surface area is 198 Å². The zero-order chi connectivity index (χ0) is 24.1. The van der Waals surface area contributed by atoms with Crippen molar-refractivity contribution >= 4 is 12.0 Å². The van der Waals surface area contributed by atoms with Crippen LogP contribution in [0.3, 0.4) is 0 Å². The summed E-state index contributed by atoms with van der Waals surface area (Å²) in [6, 6.07) is 21.0. The molecule has 0 saturated heterocycles. The van der Waals surface area contributed by atoms with Gasteiger partial charge in [-0.05, 0) is 40.8 Å². The van der Waals surface area contributed by atoms with Crippen LogP contribution in [0.15, 0.2) is 72.8 Å². The van der Waals surface area contributed by atoms with Crippen molar-refractivity contribution in [1.82, 2.24) is 10.2 Å². The number of nitrogens with zero attached hydrogens (tertiary/aromatic N) is 1. The van der Waals surface area contributed by atoms with Crippen LogP contribution in [0.25, 0.3) is 0 Å². The van der Waals surface area contributed by atoms with E-state index in [0.29, 0.717) is 24.5 Å². The Morgan fingerprint density at radius 1 is 1.00 bits per heavy atom. The summed E-state index contributed by atoms with van der Waals surface area (Å²) < 4.78 is 11.0. The number of carboxylic acid groups (broad SMARTS) is 1. The molecule has 176 valence electrons. The molecule has 3 aromatic carbocycles. The van der Waals surface area contributed by atoms with Gasteiger partial charge in [0.25, 0.3) is 0 Å². The highest BCUT2D eigenvalue weighted by molar-refractivity contribution is 5.83. The van der Waals surface area contributed by atoms with E-state index in [4.69, 9.17) is 9.47 Å². The molecule has 7 nitrogen and oxygen atoms in total. The lowest BCUT2D eigenvalue weighted by atomic mass is 9.88. The molecule has 1 aliphatic rings. The van der Waals surface area contributed by atoms with E-state index in [2.05, 4.69) is 5.32 Å². The van der Waals surface area contributed by atoms with E-state index < -0.39 is 24.1 Å². The standard InChI is InChI=1S/C27H28N2O5/c1-33-23-16-20-13-14-29(25(19-11-7-4-8-12-19)21(20)17-24(23)34-2)27(32)28-22(26(30)31)15-18-9-5-3-6-10-18/h3-12,16-17,22,25H,13-15H2,1-2H3,(H,28,32)(H,30,31). The number of carboxylic acids is 1. The molecule has 0 fully saturated rings. The minimum absolute atomic E-state index is 0.202. The predicted octanol–water partition coefficient (Wildman–Crippen LogP) is 4.06. The molecule has 2 N–H and O–H groups in total. The summed E-state index contributed by atoms with van der Waals surface area (Å²) in [7, 11) is 3.18. The minimum Gasteiger partial charge on any atom is -0.493 e. The Balaban J connectivity index is 1.67. The molecule has 0 aromatic heterocycles. The van der Waals surface area contributed by atoms with Crippen molar-refractivity contribution in [3.63, 3.8) is 0 Å². The van der Waals surface area contributed by atoms with E-state index in [1.165, 1.54) is 0 Å². The topological polar surface area (TPSA) is 88.1 Å². The third-order valence-electron chi connectivity index (χ3n) is 6.13. The van der Waals surface area contributed by atoms with Gasteiger partial charge in [-0.1, -0.05) is 60.7 Å². The number of nitrogens with one attached hydrogen (secondary N) is 1. The number of ether oxygens (including phenoxy) is 2. The Bertz CT molecular complexity index is 1150. The number of carbonyl (C=O) groups is 2. The number of hydrogen-bond donors (Lipinski definition) is 2. The number of urea groups is 1. The first-order chi connectivity index (χ1) is 16.5. The molecule has 2 atom stereocenters. The fraction of sp³-hybridized carbons (Fsp3) is 0.259. The fourth-order valence-corrected chi connectivity index (χ4v) is 4.44. The maximum absolute atomic E-state index is 13.5. The van der Waals surface area contributed by atoms with Gasteiger partial charge in [-0.25, -0.2) is 9.59 Å². The van der Waals surface area contributed by atoms with Crippen molar-refractivity contribution in [2.24, 2.45) is 0 Å². The van der Waals surface area contributed by atoms with Gasteiger partial charge in [-0.2, -0.15) is 0 Å². The Kier molecular flexibility index (Phi) is 7.01. The van der Waals surface area contributed by atoms with Crippen LogP contribution in [0, 0.1) is 0 Å². The highest BCUT2D eigenvalue weighted by atomic mass is 16.5. The molecular formula is C27H28N2O5. The van der Waals surface area contributed by atoms with Crippen molar-refractivity contribution in [1.29, 1.82) is 0 Å².